The van der Waals surface area contributed by atoms with Gasteiger partial charge in [0, 0.05) is 13.2 Å². The number of aliphatic hydroxyl groups excluding tert-OH is 1. The molecule has 24 heavy (non-hydrogen) atoms. The molecule has 6 nitrogen and oxygen atoms in total. The second-order valence-corrected chi connectivity index (χ2v) is 6.15. The van der Waals surface area contributed by atoms with E-state index in [1.54, 1.807) is 13.8 Å². The van der Waals surface area contributed by atoms with Gasteiger partial charge >= 0.3 is 6.03 Å². The third kappa shape index (κ3) is 3.14. The van der Waals surface area contributed by atoms with Gasteiger partial charge in [0.1, 0.15) is 11.4 Å². The van der Waals surface area contributed by atoms with Gasteiger partial charge in [0.2, 0.25) is 0 Å². The molecule has 2 amide bonds. The van der Waals surface area contributed by atoms with Crippen molar-refractivity contribution in [3.63, 3.8) is 0 Å². The third-order valence-corrected chi connectivity index (χ3v) is 4.56. The summed E-state index contributed by atoms with van der Waals surface area (Å²) in [6.45, 7) is 4.14. The van der Waals surface area contributed by atoms with Crippen molar-refractivity contribution in [2.24, 2.45) is 0 Å². The first-order valence-electron chi connectivity index (χ1n) is 8.31. The van der Waals surface area contributed by atoms with Gasteiger partial charge in [-0.3, -0.25) is 0 Å². The number of nitrogens with zero attached hydrogens (tertiary/aromatic N) is 2. The van der Waals surface area contributed by atoms with Gasteiger partial charge in [-0.1, -0.05) is 29.4 Å². The fraction of sp³-hybridized carbons (Fsp3) is 0.444. The van der Waals surface area contributed by atoms with Crippen LogP contribution in [-0.4, -0.2) is 34.3 Å². The average Bonchev–Trinajstić information content (AvgIpc) is 3.14. The lowest BCUT2D eigenvalue weighted by atomic mass is 10.1. The topological polar surface area (TPSA) is 78.6 Å². The van der Waals surface area contributed by atoms with Crippen LogP contribution in [0.3, 0.4) is 0 Å². The molecule has 128 valence electrons. The fourth-order valence-corrected chi connectivity index (χ4v) is 3.34. The predicted molar refractivity (Wildman–Crippen MR) is 90.9 cm³/mol. The fourth-order valence-electron chi connectivity index (χ4n) is 3.34. The Morgan fingerprint density at radius 2 is 2.21 bits per heavy atom. The van der Waals surface area contributed by atoms with Crippen molar-refractivity contribution >= 4 is 11.7 Å². The number of nitrogens with one attached hydrogen (secondary N) is 1. The summed E-state index contributed by atoms with van der Waals surface area (Å²) in [5, 5.41) is 16.0. The van der Waals surface area contributed by atoms with Gasteiger partial charge in [0.05, 0.1) is 6.04 Å². The number of aryl methyl sites for hydroxylation is 3. The van der Waals surface area contributed by atoms with Crippen molar-refractivity contribution in [3.05, 3.63) is 46.8 Å². The number of carbonyl (C=O) groups excluding carboxylic acids is 1. The van der Waals surface area contributed by atoms with Gasteiger partial charge in [-0.2, -0.15) is 0 Å². The highest BCUT2D eigenvalue weighted by Gasteiger charge is 2.31. The van der Waals surface area contributed by atoms with Crippen LogP contribution in [0.25, 0.3) is 0 Å². The van der Waals surface area contributed by atoms with Gasteiger partial charge in [-0.15, -0.1) is 0 Å². The highest BCUT2D eigenvalue weighted by atomic mass is 16.5. The molecule has 1 heterocycles. The third-order valence-electron chi connectivity index (χ3n) is 4.56. The molecule has 1 aliphatic rings. The molecule has 0 bridgehead atoms. The predicted octanol–water partition coefficient (Wildman–Crippen LogP) is 3.20. The summed E-state index contributed by atoms with van der Waals surface area (Å²) in [5.74, 6) is 0.592. The van der Waals surface area contributed by atoms with Crippen LogP contribution in [0.15, 0.2) is 28.8 Å². The second-order valence-electron chi connectivity index (χ2n) is 6.15. The standard InChI is InChI=1S/C18H23N3O3/c1-12-17(13(2)24-20-12)19-18(23)21(10-5-11-22)16-9-8-14-6-3-4-7-15(14)16/h3-4,6-7,16,22H,5,8-11H2,1-2H3,(H,19,23)/t16-/m1/s1. The molecule has 1 aliphatic carbocycles. The summed E-state index contributed by atoms with van der Waals surface area (Å²) in [5.41, 5.74) is 3.78. The molecule has 2 aromatic rings. The number of aromatic nitrogens is 1. The monoisotopic (exact) mass is 329 g/mol. The summed E-state index contributed by atoms with van der Waals surface area (Å²) in [7, 11) is 0. The molecule has 0 spiro atoms. The number of carbonyl (C=O) groups is 1. The Hall–Kier alpha value is -2.34. The molecule has 1 aromatic carbocycles. The summed E-state index contributed by atoms with van der Waals surface area (Å²) in [6.07, 6.45) is 2.42. The van der Waals surface area contributed by atoms with Crippen molar-refractivity contribution in [3.8, 4) is 0 Å². The number of urea groups is 1. The van der Waals surface area contributed by atoms with Crippen molar-refractivity contribution in [2.45, 2.75) is 39.2 Å². The Morgan fingerprint density at radius 1 is 1.42 bits per heavy atom. The summed E-state index contributed by atoms with van der Waals surface area (Å²) >= 11 is 0. The largest absolute Gasteiger partial charge is 0.396 e. The van der Waals surface area contributed by atoms with Crippen LogP contribution in [0.1, 0.15) is 41.5 Å². The minimum atomic E-state index is -0.181. The number of anilines is 1. The summed E-state index contributed by atoms with van der Waals surface area (Å²) in [6, 6.07) is 8.10. The van der Waals surface area contributed by atoms with Crippen molar-refractivity contribution in [1.82, 2.24) is 10.1 Å². The zero-order chi connectivity index (χ0) is 17.1. The Kier molecular flexibility index (Phi) is 4.85. The van der Waals surface area contributed by atoms with E-state index in [2.05, 4.69) is 22.6 Å². The number of hydrogen-bond donors (Lipinski definition) is 2. The maximum absolute atomic E-state index is 12.9. The number of hydrogen-bond acceptors (Lipinski definition) is 4. The highest BCUT2D eigenvalue weighted by molar-refractivity contribution is 5.90. The van der Waals surface area contributed by atoms with Gasteiger partial charge in [-0.05, 0) is 44.2 Å². The van der Waals surface area contributed by atoms with Gasteiger partial charge < -0.3 is 19.8 Å². The van der Waals surface area contributed by atoms with Crippen LogP contribution in [0.4, 0.5) is 10.5 Å². The first-order valence-corrected chi connectivity index (χ1v) is 8.31. The molecular formula is C18H23N3O3. The van der Waals surface area contributed by atoms with Gasteiger partial charge in [0.25, 0.3) is 0 Å². The molecule has 6 heteroatoms. The van der Waals surface area contributed by atoms with Crippen LogP contribution in [-0.2, 0) is 6.42 Å². The van der Waals surface area contributed by atoms with Crippen molar-refractivity contribution in [2.75, 3.05) is 18.5 Å². The summed E-state index contributed by atoms with van der Waals surface area (Å²) in [4.78, 5) is 14.7. The van der Waals surface area contributed by atoms with E-state index >= 15 is 0 Å². The lowest BCUT2D eigenvalue weighted by Gasteiger charge is -2.29. The Bertz CT molecular complexity index is 707. The van der Waals surface area contributed by atoms with E-state index in [1.807, 2.05) is 17.0 Å². The van der Waals surface area contributed by atoms with E-state index in [4.69, 9.17) is 4.52 Å². The number of benzene rings is 1. The molecule has 0 aliphatic heterocycles. The summed E-state index contributed by atoms with van der Waals surface area (Å²) < 4.78 is 5.12. The molecule has 2 N–H and O–H groups in total. The van der Waals surface area contributed by atoms with Crippen LogP contribution in [0.2, 0.25) is 0 Å². The second kappa shape index (κ2) is 7.05. The molecule has 0 unspecified atom stereocenters. The Morgan fingerprint density at radius 3 is 2.92 bits per heavy atom. The SMILES string of the molecule is Cc1noc(C)c1NC(=O)N(CCCO)[C@@H]1CCc2ccccc21. The Balaban J connectivity index is 1.83. The number of aliphatic hydroxyl groups is 1. The number of fused-ring (bicyclic) bond motifs is 1. The smallest absolute Gasteiger partial charge is 0.322 e. The molecule has 3 rings (SSSR count). The van der Waals surface area contributed by atoms with E-state index in [0.29, 0.717) is 30.1 Å². The van der Waals surface area contributed by atoms with E-state index in [1.165, 1.54) is 11.1 Å². The maximum Gasteiger partial charge on any atom is 0.322 e. The van der Waals surface area contributed by atoms with Crippen LogP contribution in [0, 0.1) is 13.8 Å². The lowest BCUT2D eigenvalue weighted by molar-refractivity contribution is 0.177. The van der Waals surface area contributed by atoms with Crippen LogP contribution in [0.5, 0.6) is 0 Å². The number of rotatable bonds is 5. The highest BCUT2D eigenvalue weighted by Crippen LogP contribution is 2.36. The normalized spacial score (nSPS) is 16.0. The maximum atomic E-state index is 12.9. The van der Waals surface area contributed by atoms with Crippen LogP contribution >= 0.6 is 0 Å². The minimum absolute atomic E-state index is 0.0354. The Labute approximate surface area is 141 Å². The van der Waals surface area contributed by atoms with Crippen molar-refractivity contribution in [1.29, 1.82) is 0 Å². The molecule has 0 saturated carbocycles. The quantitative estimate of drug-likeness (QED) is 0.883. The zero-order valence-electron chi connectivity index (χ0n) is 14.1. The molecule has 0 saturated heterocycles. The van der Waals surface area contributed by atoms with Gasteiger partial charge in [-0.25, -0.2) is 4.79 Å². The minimum Gasteiger partial charge on any atom is -0.396 e. The molecule has 1 aromatic heterocycles. The number of amides is 2. The molecule has 0 fully saturated rings. The molecule has 1 atom stereocenters. The molecular weight excluding hydrogens is 306 g/mol. The van der Waals surface area contributed by atoms with E-state index < -0.39 is 0 Å². The van der Waals surface area contributed by atoms with E-state index in [-0.39, 0.29) is 18.7 Å². The average molecular weight is 329 g/mol. The van der Waals surface area contributed by atoms with Crippen LogP contribution < -0.4 is 5.32 Å². The lowest BCUT2D eigenvalue weighted by Crippen LogP contribution is -2.38. The zero-order valence-corrected chi connectivity index (χ0v) is 14.1. The molecule has 0 radical (unpaired) electrons. The van der Waals surface area contributed by atoms with Crippen molar-refractivity contribution < 1.29 is 14.4 Å². The first-order chi connectivity index (χ1) is 11.6. The van der Waals surface area contributed by atoms with Gasteiger partial charge in [0.15, 0.2) is 5.76 Å². The van der Waals surface area contributed by atoms with E-state index in [9.17, 15) is 9.90 Å². The van der Waals surface area contributed by atoms with E-state index in [0.717, 1.165) is 12.8 Å². The first kappa shape index (κ1) is 16.5.